The molecule has 0 spiro atoms. The lowest BCUT2D eigenvalue weighted by Gasteiger charge is -2.35. The summed E-state index contributed by atoms with van der Waals surface area (Å²) in [7, 11) is 1.40. The number of rotatable bonds is 6. The standard InChI is InChI=1S/C32H32N2O3/c1-36-32(35)28-17-14-24(20-31(28)37-27-19-25-9-5-10-29(25)33-21-27)22-12-15-26(16-13-22)34-18-6-11-30(34)23-7-3-2-4-8-23/h2-5,7-9,12,14,17,19-21,26,30H,6,10-11,13,15-16,18H2,1H3. The predicted octanol–water partition coefficient (Wildman–Crippen LogP) is 7.00. The SMILES string of the molecule is COC(=O)c1ccc(C2=CCC(N3CCCC3c3ccccc3)CC2)cc1Oc1cnc2c(c1)C=CC2. The van der Waals surface area contributed by atoms with Crippen molar-refractivity contribution in [3.05, 3.63) is 101 Å². The molecule has 188 valence electrons. The van der Waals surface area contributed by atoms with Gasteiger partial charge in [-0.25, -0.2) is 4.79 Å². The minimum absolute atomic E-state index is 0.408. The van der Waals surface area contributed by atoms with E-state index in [9.17, 15) is 4.79 Å². The molecular weight excluding hydrogens is 460 g/mol. The van der Waals surface area contributed by atoms with E-state index in [1.165, 1.54) is 37.6 Å². The molecule has 37 heavy (non-hydrogen) atoms. The number of fused-ring (bicyclic) bond motifs is 1. The molecule has 1 saturated heterocycles. The van der Waals surface area contributed by atoms with Crippen LogP contribution in [0.2, 0.25) is 0 Å². The molecule has 6 rings (SSSR count). The van der Waals surface area contributed by atoms with Gasteiger partial charge < -0.3 is 9.47 Å². The van der Waals surface area contributed by atoms with Crippen molar-refractivity contribution in [3.8, 4) is 11.5 Å². The number of hydrogen-bond donors (Lipinski definition) is 0. The summed E-state index contributed by atoms with van der Waals surface area (Å²) in [5.74, 6) is 0.709. The van der Waals surface area contributed by atoms with Crippen LogP contribution in [0.1, 0.15) is 70.9 Å². The van der Waals surface area contributed by atoms with Gasteiger partial charge in [-0.1, -0.05) is 54.6 Å². The number of aromatic nitrogens is 1. The van der Waals surface area contributed by atoms with E-state index in [1.807, 2.05) is 24.3 Å². The Morgan fingerprint density at radius 1 is 1.08 bits per heavy atom. The third kappa shape index (κ3) is 4.84. The molecule has 0 radical (unpaired) electrons. The van der Waals surface area contributed by atoms with Crippen molar-refractivity contribution in [1.82, 2.24) is 9.88 Å². The third-order valence-electron chi connectivity index (χ3n) is 7.90. The zero-order chi connectivity index (χ0) is 25.2. The Hall–Kier alpha value is -3.70. The molecule has 1 aliphatic heterocycles. The van der Waals surface area contributed by atoms with Gasteiger partial charge in [0.15, 0.2) is 0 Å². The summed E-state index contributed by atoms with van der Waals surface area (Å²) < 4.78 is 11.2. The Balaban J connectivity index is 1.22. The van der Waals surface area contributed by atoms with Crippen molar-refractivity contribution >= 4 is 17.6 Å². The minimum Gasteiger partial charge on any atom is -0.465 e. The number of allylic oxidation sites excluding steroid dienone is 2. The topological polar surface area (TPSA) is 51.7 Å². The van der Waals surface area contributed by atoms with E-state index in [1.54, 1.807) is 6.20 Å². The van der Waals surface area contributed by atoms with Gasteiger partial charge in [0.25, 0.3) is 0 Å². The van der Waals surface area contributed by atoms with Gasteiger partial charge in [0.2, 0.25) is 0 Å². The highest BCUT2D eigenvalue weighted by Crippen LogP contribution is 2.40. The van der Waals surface area contributed by atoms with Crippen LogP contribution in [0, 0.1) is 0 Å². The van der Waals surface area contributed by atoms with Crippen molar-refractivity contribution < 1.29 is 14.3 Å². The minimum atomic E-state index is -0.408. The number of benzene rings is 2. The van der Waals surface area contributed by atoms with E-state index in [2.05, 4.69) is 58.4 Å². The van der Waals surface area contributed by atoms with E-state index in [0.29, 0.717) is 29.1 Å². The molecule has 2 heterocycles. The molecule has 2 unspecified atom stereocenters. The van der Waals surface area contributed by atoms with E-state index in [4.69, 9.17) is 9.47 Å². The average molecular weight is 493 g/mol. The summed E-state index contributed by atoms with van der Waals surface area (Å²) in [6, 6.07) is 19.8. The number of hydrogen-bond acceptors (Lipinski definition) is 5. The first-order valence-electron chi connectivity index (χ1n) is 13.3. The maximum Gasteiger partial charge on any atom is 0.341 e. The number of carbonyl (C=O) groups excluding carboxylic acids is 1. The first-order valence-corrected chi connectivity index (χ1v) is 13.3. The summed E-state index contributed by atoms with van der Waals surface area (Å²) >= 11 is 0. The third-order valence-corrected chi connectivity index (χ3v) is 7.90. The van der Waals surface area contributed by atoms with Crippen LogP contribution in [0.4, 0.5) is 0 Å². The highest BCUT2D eigenvalue weighted by atomic mass is 16.5. The van der Waals surface area contributed by atoms with Crippen LogP contribution in [-0.4, -0.2) is 35.5 Å². The lowest BCUT2D eigenvalue weighted by atomic mass is 9.88. The van der Waals surface area contributed by atoms with Crippen LogP contribution in [0.5, 0.6) is 11.5 Å². The normalized spacial score (nSPS) is 20.9. The van der Waals surface area contributed by atoms with Crippen molar-refractivity contribution in [2.45, 2.75) is 50.6 Å². The maximum absolute atomic E-state index is 12.5. The largest absolute Gasteiger partial charge is 0.465 e. The quantitative estimate of drug-likeness (QED) is 0.347. The van der Waals surface area contributed by atoms with E-state index < -0.39 is 5.97 Å². The molecule has 2 atom stereocenters. The van der Waals surface area contributed by atoms with Crippen LogP contribution >= 0.6 is 0 Å². The highest BCUT2D eigenvalue weighted by molar-refractivity contribution is 5.93. The molecule has 0 bridgehead atoms. The summed E-state index contributed by atoms with van der Waals surface area (Å²) in [5.41, 5.74) is 6.36. The summed E-state index contributed by atoms with van der Waals surface area (Å²) in [6.45, 7) is 1.17. The van der Waals surface area contributed by atoms with E-state index in [0.717, 1.165) is 42.5 Å². The number of esters is 1. The van der Waals surface area contributed by atoms with Crippen molar-refractivity contribution in [2.75, 3.05) is 13.7 Å². The second-order valence-corrected chi connectivity index (χ2v) is 10.1. The van der Waals surface area contributed by atoms with Crippen LogP contribution in [0.3, 0.4) is 0 Å². The molecule has 2 aliphatic carbocycles. The molecule has 1 aromatic heterocycles. The molecule has 5 heteroatoms. The van der Waals surface area contributed by atoms with Gasteiger partial charge in [0, 0.05) is 18.5 Å². The average Bonchev–Trinajstić information content (AvgIpc) is 3.63. The summed E-state index contributed by atoms with van der Waals surface area (Å²) in [6.07, 6.45) is 14.8. The molecule has 5 nitrogen and oxygen atoms in total. The number of likely N-dealkylation sites (tertiary alicyclic amines) is 1. The Morgan fingerprint density at radius 2 is 1.97 bits per heavy atom. The Labute approximate surface area is 218 Å². The first-order chi connectivity index (χ1) is 18.2. The first kappa shape index (κ1) is 23.7. The lowest BCUT2D eigenvalue weighted by molar-refractivity contribution is 0.0598. The molecule has 0 amide bonds. The number of ether oxygens (including phenoxy) is 2. The lowest BCUT2D eigenvalue weighted by Crippen LogP contribution is -2.35. The fourth-order valence-electron chi connectivity index (χ4n) is 6.01. The van der Waals surface area contributed by atoms with E-state index in [-0.39, 0.29) is 0 Å². The monoisotopic (exact) mass is 492 g/mol. The molecule has 1 fully saturated rings. The van der Waals surface area contributed by atoms with E-state index >= 15 is 0 Å². The highest BCUT2D eigenvalue weighted by Gasteiger charge is 2.32. The Morgan fingerprint density at radius 3 is 2.78 bits per heavy atom. The van der Waals surface area contributed by atoms with Crippen molar-refractivity contribution in [3.63, 3.8) is 0 Å². The summed E-state index contributed by atoms with van der Waals surface area (Å²) in [5, 5.41) is 0. The molecule has 0 saturated carbocycles. The number of nitrogens with zero attached hydrogens (tertiary/aromatic N) is 2. The Bertz CT molecular complexity index is 1360. The van der Waals surface area contributed by atoms with Gasteiger partial charge in [-0.2, -0.15) is 0 Å². The van der Waals surface area contributed by atoms with Crippen LogP contribution < -0.4 is 4.74 Å². The molecule has 3 aromatic rings. The van der Waals surface area contributed by atoms with Crippen molar-refractivity contribution in [2.24, 2.45) is 0 Å². The van der Waals surface area contributed by atoms with Gasteiger partial charge in [0.1, 0.15) is 17.1 Å². The fourth-order valence-corrected chi connectivity index (χ4v) is 6.01. The smallest absolute Gasteiger partial charge is 0.341 e. The molecule has 3 aliphatic rings. The molecular formula is C32H32N2O3. The molecule has 0 N–H and O–H groups in total. The van der Waals surface area contributed by atoms with Crippen LogP contribution in [0.15, 0.2) is 72.9 Å². The number of pyridine rings is 1. The second-order valence-electron chi connectivity index (χ2n) is 10.1. The van der Waals surface area contributed by atoms with Crippen LogP contribution in [0.25, 0.3) is 11.6 Å². The Kier molecular flexibility index (Phi) is 6.62. The fraction of sp³-hybridized carbons (Fsp3) is 0.312. The van der Waals surface area contributed by atoms with Crippen LogP contribution in [-0.2, 0) is 11.2 Å². The second kappa shape index (κ2) is 10.3. The molecule has 2 aromatic carbocycles. The van der Waals surface area contributed by atoms with Gasteiger partial charge in [0.05, 0.1) is 19.0 Å². The summed E-state index contributed by atoms with van der Waals surface area (Å²) in [4.78, 5) is 19.7. The van der Waals surface area contributed by atoms with Gasteiger partial charge in [-0.05, 0) is 79.1 Å². The van der Waals surface area contributed by atoms with Gasteiger partial charge >= 0.3 is 5.97 Å². The zero-order valence-electron chi connectivity index (χ0n) is 21.2. The number of carbonyl (C=O) groups is 1. The number of methoxy groups -OCH3 is 1. The van der Waals surface area contributed by atoms with Gasteiger partial charge in [-0.15, -0.1) is 0 Å². The van der Waals surface area contributed by atoms with Crippen molar-refractivity contribution in [1.29, 1.82) is 0 Å². The van der Waals surface area contributed by atoms with Gasteiger partial charge in [-0.3, -0.25) is 9.88 Å². The predicted molar refractivity (Wildman–Crippen MR) is 146 cm³/mol. The maximum atomic E-state index is 12.5. The zero-order valence-corrected chi connectivity index (χ0v) is 21.2.